The number of rotatable bonds is 5. The van der Waals surface area contributed by atoms with Crippen LogP contribution in [-0.4, -0.2) is 96.6 Å². The summed E-state index contributed by atoms with van der Waals surface area (Å²) in [6.45, 7) is 2.12. The van der Waals surface area contributed by atoms with Gasteiger partial charge in [-0.3, -0.25) is 14.3 Å². The predicted molar refractivity (Wildman–Crippen MR) is 114 cm³/mol. The van der Waals surface area contributed by atoms with Crippen LogP contribution in [0.5, 0.6) is 0 Å². The van der Waals surface area contributed by atoms with Gasteiger partial charge >= 0.3 is 24.3 Å². The fourth-order valence-corrected chi connectivity index (χ4v) is 3.57. The molecule has 0 saturated carbocycles. The van der Waals surface area contributed by atoms with Gasteiger partial charge in [-0.05, 0) is 32.5 Å². The van der Waals surface area contributed by atoms with Crippen LogP contribution >= 0.6 is 0 Å². The maximum Gasteiger partial charge on any atom is 0.490 e. The Morgan fingerprint density at radius 3 is 1.69 bits per heavy atom. The molecule has 0 spiro atoms. The number of halogens is 6. The van der Waals surface area contributed by atoms with Crippen molar-refractivity contribution in [2.24, 2.45) is 14.1 Å². The summed E-state index contributed by atoms with van der Waals surface area (Å²) in [4.78, 5) is 22.7. The second kappa shape index (κ2) is 12.7. The number of alkyl halides is 6. The molecule has 10 nitrogen and oxygen atoms in total. The first-order chi connectivity index (χ1) is 16.4. The SMILES string of the molecule is CN(C)[C@@H]1CCN(Cc2cnn(C)c2)[C@H]1Cc1cnn(C)c1.O=C(O)C(F)(F)F.O=C(O)C(F)(F)F. The summed E-state index contributed by atoms with van der Waals surface area (Å²) in [6.07, 6.45) is 0.323. The Bertz CT molecular complexity index is 964. The number of aromatic nitrogens is 4. The van der Waals surface area contributed by atoms with Crippen LogP contribution in [0.2, 0.25) is 0 Å². The number of likely N-dealkylation sites (tertiary alicyclic amines) is 1. The maximum absolute atomic E-state index is 10.6. The molecule has 1 aliphatic heterocycles. The van der Waals surface area contributed by atoms with Crippen LogP contribution in [0.1, 0.15) is 17.5 Å². The molecule has 3 heterocycles. The molecule has 2 aromatic heterocycles. The van der Waals surface area contributed by atoms with Crippen molar-refractivity contribution in [2.45, 2.75) is 43.8 Å². The number of likely N-dealkylation sites (N-methyl/N-ethyl adjacent to an activating group) is 1. The Balaban J connectivity index is 0.000000383. The summed E-state index contributed by atoms with van der Waals surface area (Å²) in [5.41, 5.74) is 2.61. The first-order valence-electron chi connectivity index (χ1n) is 10.4. The summed E-state index contributed by atoms with van der Waals surface area (Å²) in [6, 6.07) is 1.12. The zero-order valence-corrected chi connectivity index (χ0v) is 20.0. The van der Waals surface area contributed by atoms with E-state index < -0.39 is 24.3 Å². The molecule has 0 aliphatic carbocycles. The van der Waals surface area contributed by atoms with E-state index >= 15 is 0 Å². The van der Waals surface area contributed by atoms with Gasteiger partial charge in [0.25, 0.3) is 0 Å². The van der Waals surface area contributed by atoms with Gasteiger partial charge in [0.15, 0.2) is 0 Å². The molecule has 2 atom stereocenters. The van der Waals surface area contributed by atoms with Gasteiger partial charge in [-0.15, -0.1) is 0 Å². The molecule has 3 rings (SSSR count). The molecule has 1 saturated heterocycles. The molecule has 1 fully saturated rings. The molecular weight excluding hydrogens is 502 g/mol. The fraction of sp³-hybridized carbons (Fsp3) is 0.600. The van der Waals surface area contributed by atoms with Crippen molar-refractivity contribution in [3.8, 4) is 0 Å². The van der Waals surface area contributed by atoms with E-state index in [0.717, 1.165) is 19.5 Å². The van der Waals surface area contributed by atoms with Gasteiger partial charge in [0.05, 0.1) is 12.4 Å². The highest BCUT2D eigenvalue weighted by Crippen LogP contribution is 2.26. The summed E-state index contributed by atoms with van der Waals surface area (Å²) in [5, 5.41) is 22.9. The van der Waals surface area contributed by atoms with Crippen molar-refractivity contribution in [1.82, 2.24) is 29.4 Å². The number of hydrogen-bond acceptors (Lipinski definition) is 6. The molecular formula is C20H28F6N6O4. The minimum atomic E-state index is -5.08. The lowest BCUT2D eigenvalue weighted by Gasteiger charge is -2.31. The van der Waals surface area contributed by atoms with Crippen molar-refractivity contribution >= 4 is 11.9 Å². The first kappa shape index (κ1) is 30.9. The molecule has 0 unspecified atom stereocenters. The predicted octanol–water partition coefficient (Wildman–Crippen LogP) is 2.17. The third-order valence-electron chi connectivity index (χ3n) is 5.12. The topological polar surface area (TPSA) is 117 Å². The largest absolute Gasteiger partial charge is 0.490 e. The molecule has 0 radical (unpaired) electrons. The number of carboxylic acids is 2. The van der Waals surface area contributed by atoms with E-state index in [9.17, 15) is 26.3 Å². The van der Waals surface area contributed by atoms with Gasteiger partial charge in [0.1, 0.15) is 0 Å². The first-order valence-corrected chi connectivity index (χ1v) is 10.4. The van der Waals surface area contributed by atoms with Crippen LogP contribution in [0.4, 0.5) is 26.3 Å². The molecule has 0 bridgehead atoms. The van der Waals surface area contributed by atoms with E-state index in [4.69, 9.17) is 19.8 Å². The van der Waals surface area contributed by atoms with Gasteiger partial charge in [-0.2, -0.15) is 36.5 Å². The Hall–Kier alpha value is -3.14. The highest BCUT2D eigenvalue weighted by Gasteiger charge is 2.39. The smallest absolute Gasteiger partial charge is 0.475 e. The van der Waals surface area contributed by atoms with Gasteiger partial charge in [-0.1, -0.05) is 0 Å². The quantitative estimate of drug-likeness (QED) is 0.566. The van der Waals surface area contributed by atoms with E-state index in [2.05, 4.69) is 46.5 Å². The molecule has 2 aromatic rings. The van der Waals surface area contributed by atoms with Gasteiger partial charge in [-0.25, -0.2) is 9.59 Å². The third-order valence-corrected chi connectivity index (χ3v) is 5.12. The lowest BCUT2D eigenvalue weighted by atomic mass is 10.0. The van der Waals surface area contributed by atoms with E-state index in [1.165, 1.54) is 17.5 Å². The van der Waals surface area contributed by atoms with Crippen molar-refractivity contribution in [3.05, 3.63) is 35.9 Å². The van der Waals surface area contributed by atoms with Crippen molar-refractivity contribution in [2.75, 3.05) is 20.6 Å². The van der Waals surface area contributed by atoms with Gasteiger partial charge < -0.3 is 15.1 Å². The van der Waals surface area contributed by atoms with Crippen LogP contribution in [0, 0.1) is 0 Å². The molecule has 0 amide bonds. The Morgan fingerprint density at radius 1 is 0.944 bits per heavy atom. The summed E-state index contributed by atoms with van der Waals surface area (Å²) in [7, 11) is 8.33. The molecule has 0 aromatic carbocycles. The lowest BCUT2D eigenvalue weighted by molar-refractivity contribution is -0.193. The van der Waals surface area contributed by atoms with Crippen molar-refractivity contribution in [1.29, 1.82) is 0 Å². The van der Waals surface area contributed by atoms with Crippen LogP contribution in [0.15, 0.2) is 24.8 Å². The van der Waals surface area contributed by atoms with E-state index in [1.54, 1.807) is 0 Å². The number of hydrogen-bond donors (Lipinski definition) is 2. The van der Waals surface area contributed by atoms with E-state index in [0.29, 0.717) is 12.1 Å². The summed E-state index contributed by atoms with van der Waals surface area (Å²) < 4.78 is 67.2. The molecule has 2 N–H and O–H groups in total. The van der Waals surface area contributed by atoms with Crippen LogP contribution in [0.3, 0.4) is 0 Å². The Morgan fingerprint density at radius 2 is 1.36 bits per heavy atom. The summed E-state index contributed by atoms with van der Waals surface area (Å²) >= 11 is 0. The Labute approximate surface area is 202 Å². The minimum absolute atomic E-state index is 0.527. The average Bonchev–Trinajstić information content (AvgIpc) is 3.43. The second-order valence-electron chi connectivity index (χ2n) is 8.21. The zero-order chi connectivity index (χ0) is 27.8. The summed E-state index contributed by atoms with van der Waals surface area (Å²) in [5.74, 6) is -5.51. The number of nitrogens with zero attached hydrogens (tertiary/aromatic N) is 6. The number of aliphatic carboxylic acids is 2. The lowest BCUT2D eigenvalue weighted by Crippen LogP contribution is -2.43. The van der Waals surface area contributed by atoms with Crippen LogP contribution in [0.25, 0.3) is 0 Å². The number of carboxylic acid groups (broad SMARTS) is 2. The highest BCUT2D eigenvalue weighted by molar-refractivity contribution is 5.73. The minimum Gasteiger partial charge on any atom is -0.475 e. The third kappa shape index (κ3) is 10.2. The number of carbonyl (C=O) groups is 2. The standard InChI is InChI=1S/C16H26N6.2C2HF3O2/c1-19(2)15-5-6-22(12-14-9-18-21(4)11-14)16(15)7-13-8-17-20(3)10-13;2*3-2(4,5)1(6)7/h8-11,15-16H,5-7,12H2,1-4H3;2*(H,6,7)/t15-,16+;;/m1../s1. The molecule has 1 aliphatic rings. The van der Waals surface area contributed by atoms with Crippen molar-refractivity contribution < 1.29 is 46.1 Å². The highest BCUT2D eigenvalue weighted by atomic mass is 19.4. The van der Waals surface area contributed by atoms with Gasteiger partial charge in [0, 0.05) is 57.2 Å². The fourth-order valence-electron chi connectivity index (χ4n) is 3.57. The van der Waals surface area contributed by atoms with Crippen LogP contribution in [-0.2, 0) is 36.6 Å². The second-order valence-corrected chi connectivity index (χ2v) is 8.21. The van der Waals surface area contributed by atoms with Crippen LogP contribution < -0.4 is 0 Å². The average molecular weight is 530 g/mol. The van der Waals surface area contributed by atoms with Crippen molar-refractivity contribution in [3.63, 3.8) is 0 Å². The number of aryl methyl sites for hydroxylation is 2. The Kier molecular flexibility index (Phi) is 10.9. The van der Waals surface area contributed by atoms with E-state index in [-0.39, 0.29) is 0 Å². The van der Waals surface area contributed by atoms with E-state index in [1.807, 2.05) is 35.9 Å². The molecule has 36 heavy (non-hydrogen) atoms. The molecule has 204 valence electrons. The monoisotopic (exact) mass is 530 g/mol. The normalized spacial score (nSPS) is 18.3. The zero-order valence-electron chi connectivity index (χ0n) is 20.0. The molecule has 16 heteroatoms. The van der Waals surface area contributed by atoms with Gasteiger partial charge in [0.2, 0.25) is 0 Å². The maximum atomic E-state index is 10.6.